The lowest BCUT2D eigenvalue weighted by atomic mass is 9.89. The fraction of sp³-hybridized carbons (Fsp3) is 0.571. The Morgan fingerprint density at radius 1 is 1.18 bits per heavy atom. The van der Waals surface area contributed by atoms with E-state index in [2.05, 4.69) is 73.7 Å². The molecule has 0 heterocycles. The van der Waals surface area contributed by atoms with Crippen LogP contribution in [0.4, 0.5) is 0 Å². The minimum Gasteiger partial charge on any atom is -0.408 e. The van der Waals surface area contributed by atoms with Crippen molar-refractivity contribution < 1.29 is 4.43 Å². The Morgan fingerprint density at radius 2 is 1.76 bits per heavy atom. The van der Waals surface area contributed by atoms with Crippen molar-refractivity contribution in [3.05, 3.63) is 34.3 Å². The predicted octanol–water partition coefficient (Wildman–Crippen LogP) is 5.32. The zero-order valence-electron chi connectivity index (χ0n) is 11.5. The normalized spacial score (nSPS) is 12.8. The van der Waals surface area contributed by atoms with E-state index in [0.717, 1.165) is 17.3 Å². The van der Waals surface area contributed by atoms with Crippen molar-refractivity contribution in [1.29, 1.82) is 0 Å². The summed E-state index contributed by atoms with van der Waals surface area (Å²) >= 11 is 3.55. The van der Waals surface area contributed by atoms with E-state index in [0.29, 0.717) is 0 Å². The van der Waals surface area contributed by atoms with Crippen molar-refractivity contribution in [2.75, 3.05) is 0 Å². The van der Waals surface area contributed by atoms with E-state index in [1.54, 1.807) is 0 Å². The Balaban J connectivity index is 3.15. The number of hydrogen-bond donors (Lipinski definition) is 0. The van der Waals surface area contributed by atoms with Gasteiger partial charge in [0.1, 0.15) is 0 Å². The summed E-state index contributed by atoms with van der Waals surface area (Å²) in [7, 11) is -1.55. The molecule has 0 saturated heterocycles. The van der Waals surface area contributed by atoms with E-state index in [4.69, 9.17) is 4.43 Å². The van der Waals surface area contributed by atoms with E-state index in [-0.39, 0.29) is 5.60 Å². The lowest BCUT2D eigenvalue weighted by Gasteiger charge is -2.38. The van der Waals surface area contributed by atoms with E-state index in [9.17, 15) is 0 Å². The molecule has 1 aromatic rings. The van der Waals surface area contributed by atoms with Gasteiger partial charge in [0.15, 0.2) is 8.32 Å². The average molecular weight is 315 g/mol. The monoisotopic (exact) mass is 314 g/mol. The summed E-state index contributed by atoms with van der Waals surface area (Å²) in [4.78, 5) is 0. The van der Waals surface area contributed by atoms with Crippen molar-refractivity contribution in [2.24, 2.45) is 0 Å². The summed E-state index contributed by atoms with van der Waals surface area (Å²) in [5.41, 5.74) is 1.17. The SMILES string of the molecule is CCC(CC)(O[Si](C)(C)C)c1cccc(Br)c1. The van der Waals surface area contributed by atoms with Gasteiger partial charge in [0.2, 0.25) is 0 Å². The molecule has 0 spiro atoms. The van der Waals surface area contributed by atoms with E-state index in [1.165, 1.54) is 5.56 Å². The minimum atomic E-state index is -1.55. The van der Waals surface area contributed by atoms with Gasteiger partial charge in [-0.2, -0.15) is 0 Å². The largest absolute Gasteiger partial charge is 0.408 e. The Morgan fingerprint density at radius 3 is 2.18 bits per heavy atom. The van der Waals surface area contributed by atoms with Gasteiger partial charge >= 0.3 is 0 Å². The molecular formula is C14H23BrOSi. The third kappa shape index (κ3) is 3.93. The first-order chi connectivity index (χ1) is 7.83. The zero-order valence-corrected chi connectivity index (χ0v) is 14.1. The number of halogens is 1. The molecule has 0 N–H and O–H groups in total. The van der Waals surface area contributed by atoms with Gasteiger partial charge in [-0.1, -0.05) is 41.9 Å². The molecule has 0 aliphatic rings. The lowest BCUT2D eigenvalue weighted by molar-refractivity contribution is 0.0489. The molecule has 0 unspecified atom stereocenters. The van der Waals surface area contributed by atoms with Crippen LogP contribution >= 0.6 is 15.9 Å². The molecule has 0 aliphatic carbocycles. The molecule has 96 valence electrons. The molecule has 0 atom stereocenters. The van der Waals surface area contributed by atoms with Gasteiger partial charge in [0.05, 0.1) is 5.60 Å². The zero-order chi connectivity index (χ0) is 13.1. The van der Waals surface area contributed by atoms with Crippen LogP contribution in [0.15, 0.2) is 28.7 Å². The molecule has 17 heavy (non-hydrogen) atoms. The van der Waals surface area contributed by atoms with Gasteiger partial charge in [-0.25, -0.2) is 0 Å². The van der Waals surface area contributed by atoms with E-state index < -0.39 is 8.32 Å². The van der Waals surface area contributed by atoms with Crippen LogP contribution < -0.4 is 0 Å². The molecule has 1 aromatic carbocycles. The first-order valence-electron chi connectivity index (χ1n) is 6.29. The van der Waals surface area contributed by atoms with E-state index in [1.807, 2.05) is 0 Å². The first-order valence-corrected chi connectivity index (χ1v) is 10.5. The number of rotatable bonds is 5. The lowest BCUT2D eigenvalue weighted by Crippen LogP contribution is -2.40. The Bertz CT molecular complexity index is 367. The van der Waals surface area contributed by atoms with Crippen LogP contribution in [0.5, 0.6) is 0 Å². The van der Waals surface area contributed by atoms with Crippen molar-refractivity contribution in [1.82, 2.24) is 0 Å². The maximum atomic E-state index is 6.48. The summed E-state index contributed by atoms with van der Waals surface area (Å²) in [6.07, 6.45) is 2.04. The second kappa shape index (κ2) is 5.68. The summed E-state index contributed by atoms with van der Waals surface area (Å²) < 4.78 is 7.61. The predicted molar refractivity (Wildman–Crippen MR) is 80.8 cm³/mol. The van der Waals surface area contributed by atoms with Crippen molar-refractivity contribution in [3.63, 3.8) is 0 Å². The summed E-state index contributed by atoms with van der Waals surface area (Å²) in [5.74, 6) is 0. The van der Waals surface area contributed by atoms with E-state index >= 15 is 0 Å². The Kier molecular flexibility index (Phi) is 4.99. The third-order valence-electron chi connectivity index (χ3n) is 2.99. The smallest absolute Gasteiger partial charge is 0.184 e. The van der Waals surface area contributed by atoms with Crippen molar-refractivity contribution in [3.8, 4) is 0 Å². The highest BCUT2D eigenvalue weighted by Crippen LogP contribution is 2.36. The van der Waals surface area contributed by atoms with Crippen LogP contribution in [0.1, 0.15) is 32.3 Å². The maximum Gasteiger partial charge on any atom is 0.184 e. The second-order valence-electron chi connectivity index (χ2n) is 5.43. The van der Waals surface area contributed by atoms with Crippen LogP contribution in [0.2, 0.25) is 19.6 Å². The fourth-order valence-electron chi connectivity index (χ4n) is 2.22. The molecule has 0 saturated carbocycles. The fourth-order valence-corrected chi connectivity index (χ4v) is 4.20. The van der Waals surface area contributed by atoms with Crippen molar-refractivity contribution >= 4 is 24.2 Å². The van der Waals surface area contributed by atoms with Gasteiger partial charge < -0.3 is 4.43 Å². The van der Waals surface area contributed by atoms with Gasteiger partial charge in [-0.15, -0.1) is 0 Å². The third-order valence-corrected chi connectivity index (χ3v) is 4.49. The standard InChI is InChI=1S/C14H23BrOSi/c1-6-14(7-2,16-17(3,4)5)12-9-8-10-13(15)11-12/h8-11H,6-7H2,1-5H3. The summed E-state index contributed by atoms with van der Waals surface area (Å²) in [6.45, 7) is 11.2. The second-order valence-corrected chi connectivity index (χ2v) is 10.8. The quantitative estimate of drug-likeness (QED) is 0.669. The topological polar surface area (TPSA) is 9.23 Å². The Hall–Kier alpha value is -0.123. The first kappa shape index (κ1) is 14.9. The molecule has 0 amide bonds. The summed E-state index contributed by atoms with van der Waals surface area (Å²) in [6, 6.07) is 8.52. The molecule has 3 heteroatoms. The molecule has 0 aliphatic heterocycles. The van der Waals surface area contributed by atoms with Crippen LogP contribution in [-0.4, -0.2) is 8.32 Å². The van der Waals surface area contributed by atoms with Crippen LogP contribution in [0, 0.1) is 0 Å². The number of benzene rings is 1. The van der Waals surface area contributed by atoms with Gasteiger partial charge in [-0.3, -0.25) is 0 Å². The summed E-state index contributed by atoms with van der Waals surface area (Å²) in [5, 5.41) is 0. The highest BCUT2D eigenvalue weighted by molar-refractivity contribution is 9.10. The maximum absolute atomic E-state index is 6.48. The van der Waals surface area contributed by atoms with Crippen LogP contribution in [0.25, 0.3) is 0 Å². The number of hydrogen-bond acceptors (Lipinski definition) is 1. The van der Waals surface area contributed by atoms with Crippen LogP contribution in [-0.2, 0) is 10.0 Å². The van der Waals surface area contributed by atoms with Crippen molar-refractivity contribution in [2.45, 2.75) is 51.9 Å². The molecule has 0 radical (unpaired) electrons. The molecule has 0 fully saturated rings. The van der Waals surface area contributed by atoms with Gasteiger partial charge in [0.25, 0.3) is 0 Å². The van der Waals surface area contributed by atoms with Gasteiger partial charge in [0, 0.05) is 4.47 Å². The highest BCUT2D eigenvalue weighted by Gasteiger charge is 2.34. The molecule has 1 rings (SSSR count). The van der Waals surface area contributed by atoms with Crippen LogP contribution in [0.3, 0.4) is 0 Å². The molecule has 0 bridgehead atoms. The minimum absolute atomic E-state index is 0.117. The Labute approximate surface area is 115 Å². The molecular weight excluding hydrogens is 292 g/mol. The molecule has 1 nitrogen and oxygen atoms in total. The molecule has 0 aromatic heterocycles. The highest BCUT2D eigenvalue weighted by atomic mass is 79.9. The average Bonchev–Trinajstić information content (AvgIpc) is 2.25. The van der Waals surface area contributed by atoms with Gasteiger partial charge in [-0.05, 0) is 50.2 Å².